The molecule has 1 amide bonds. The lowest BCUT2D eigenvalue weighted by atomic mass is 10.3. The van der Waals surface area contributed by atoms with E-state index in [0.717, 1.165) is 0 Å². The van der Waals surface area contributed by atoms with Crippen molar-refractivity contribution in [1.82, 2.24) is 10.6 Å². The highest BCUT2D eigenvalue weighted by atomic mass is 16.3. The molecule has 0 aromatic rings. The summed E-state index contributed by atoms with van der Waals surface area (Å²) < 4.78 is 0. The quantitative estimate of drug-likeness (QED) is 0.355. The van der Waals surface area contributed by atoms with E-state index >= 15 is 0 Å². The average molecular weight is 170 g/mol. The van der Waals surface area contributed by atoms with Gasteiger partial charge in [-0.3, -0.25) is 10.1 Å². The molecule has 12 heavy (non-hydrogen) atoms. The van der Waals surface area contributed by atoms with Crippen molar-refractivity contribution in [3.05, 3.63) is 0 Å². The molecule has 0 aromatic heterocycles. The molecule has 0 bridgehead atoms. The van der Waals surface area contributed by atoms with Crippen LogP contribution in [0.1, 0.15) is 6.92 Å². The van der Waals surface area contributed by atoms with Gasteiger partial charge in [0.2, 0.25) is 5.91 Å². The average Bonchev–Trinajstić information content (AvgIpc) is 2.05. The van der Waals surface area contributed by atoms with E-state index in [-0.39, 0.29) is 25.1 Å². The number of hydrogen-bond donors (Lipinski definition) is 3. The van der Waals surface area contributed by atoms with E-state index < -0.39 is 0 Å². The van der Waals surface area contributed by atoms with Crippen LogP contribution in [0.15, 0.2) is 0 Å². The van der Waals surface area contributed by atoms with Gasteiger partial charge in [0.15, 0.2) is 0 Å². The van der Waals surface area contributed by atoms with Gasteiger partial charge < -0.3 is 10.4 Å². The van der Waals surface area contributed by atoms with Crippen LogP contribution in [0.4, 0.5) is 0 Å². The van der Waals surface area contributed by atoms with Gasteiger partial charge in [0, 0.05) is 6.04 Å². The summed E-state index contributed by atoms with van der Waals surface area (Å²) in [6.07, 6.45) is 4.96. The zero-order valence-electron chi connectivity index (χ0n) is 7.13. The molecule has 0 radical (unpaired) electrons. The van der Waals surface area contributed by atoms with E-state index in [9.17, 15) is 4.79 Å². The summed E-state index contributed by atoms with van der Waals surface area (Å²) >= 11 is 0. The van der Waals surface area contributed by atoms with Gasteiger partial charge in [-0.1, -0.05) is 5.92 Å². The first-order chi connectivity index (χ1) is 5.70. The molecule has 0 aromatic carbocycles. The second-order valence-corrected chi connectivity index (χ2v) is 2.46. The molecule has 0 rings (SSSR count). The molecule has 0 aliphatic rings. The predicted octanol–water partition coefficient (Wildman–Crippen LogP) is -1.29. The third-order valence-electron chi connectivity index (χ3n) is 1.19. The normalized spacial score (nSPS) is 11.8. The number of aliphatic hydroxyl groups excluding tert-OH is 1. The second kappa shape index (κ2) is 6.65. The number of terminal acetylenes is 1. The molecule has 0 fully saturated rings. The van der Waals surface area contributed by atoms with E-state index in [4.69, 9.17) is 11.5 Å². The van der Waals surface area contributed by atoms with Crippen molar-refractivity contribution in [2.24, 2.45) is 0 Å². The summed E-state index contributed by atoms with van der Waals surface area (Å²) in [5, 5.41) is 13.9. The third kappa shape index (κ3) is 5.71. The van der Waals surface area contributed by atoms with Crippen LogP contribution in [0.3, 0.4) is 0 Å². The van der Waals surface area contributed by atoms with Gasteiger partial charge >= 0.3 is 0 Å². The van der Waals surface area contributed by atoms with E-state index in [1.807, 2.05) is 0 Å². The first-order valence-electron chi connectivity index (χ1n) is 3.75. The van der Waals surface area contributed by atoms with E-state index in [2.05, 4.69) is 16.6 Å². The Morgan fingerprint density at radius 1 is 1.75 bits per heavy atom. The highest BCUT2D eigenvalue weighted by Crippen LogP contribution is 1.76. The molecular weight excluding hydrogens is 156 g/mol. The van der Waals surface area contributed by atoms with Gasteiger partial charge in [-0.15, -0.1) is 6.42 Å². The topological polar surface area (TPSA) is 61.4 Å². The maximum absolute atomic E-state index is 10.9. The van der Waals surface area contributed by atoms with Gasteiger partial charge in [-0.05, 0) is 6.92 Å². The lowest BCUT2D eigenvalue weighted by Gasteiger charge is -2.10. The van der Waals surface area contributed by atoms with Crippen molar-refractivity contribution < 1.29 is 9.90 Å². The zero-order valence-corrected chi connectivity index (χ0v) is 7.13. The number of rotatable bonds is 5. The summed E-state index contributed by atoms with van der Waals surface area (Å²) in [6.45, 7) is 2.23. The fourth-order valence-corrected chi connectivity index (χ4v) is 0.620. The maximum atomic E-state index is 10.9. The summed E-state index contributed by atoms with van der Waals surface area (Å²) in [6, 6.07) is -0.204. The van der Waals surface area contributed by atoms with Crippen LogP contribution in [0.25, 0.3) is 0 Å². The van der Waals surface area contributed by atoms with Crippen LogP contribution >= 0.6 is 0 Å². The minimum absolute atomic E-state index is 0.0547. The Hall–Kier alpha value is -1.05. The van der Waals surface area contributed by atoms with Crippen LogP contribution in [0.2, 0.25) is 0 Å². The molecule has 0 aliphatic heterocycles. The molecular formula is C8H14N2O2. The van der Waals surface area contributed by atoms with E-state index in [1.54, 1.807) is 6.92 Å². The highest BCUT2D eigenvalue weighted by molar-refractivity contribution is 5.78. The number of amides is 1. The van der Waals surface area contributed by atoms with Crippen molar-refractivity contribution in [3.8, 4) is 12.3 Å². The Bertz CT molecular complexity index is 174. The Labute approximate surface area is 72.3 Å². The van der Waals surface area contributed by atoms with Crippen LogP contribution in [-0.4, -0.2) is 36.8 Å². The summed E-state index contributed by atoms with van der Waals surface area (Å²) in [5.74, 6) is 2.19. The molecule has 68 valence electrons. The van der Waals surface area contributed by atoms with Crippen molar-refractivity contribution >= 4 is 5.91 Å². The summed E-state index contributed by atoms with van der Waals surface area (Å²) in [4.78, 5) is 10.9. The third-order valence-corrected chi connectivity index (χ3v) is 1.19. The smallest absolute Gasteiger partial charge is 0.234 e. The Morgan fingerprint density at radius 2 is 2.42 bits per heavy atom. The van der Waals surface area contributed by atoms with Crippen LogP contribution in [0, 0.1) is 12.3 Å². The van der Waals surface area contributed by atoms with Crippen LogP contribution in [0.5, 0.6) is 0 Å². The molecule has 4 nitrogen and oxygen atoms in total. The second-order valence-electron chi connectivity index (χ2n) is 2.46. The fraction of sp³-hybridized carbons (Fsp3) is 0.625. The van der Waals surface area contributed by atoms with Gasteiger partial charge in [0.05, 0.1) is 19.7 Å². The molecule has 4 heteroatoms. The molecule has 0 saturated heterocycles. The van der Waals surface area contributed by atoms with Gasteiger partial charge in [0.25, 0.3) is 0 Å². The fourth-order valence-electron chi connectivity index (χ4n) is 0.620. The maximum Gasteiger partial charge on any atom is 0.234 e. The van der Waals surface area contributed by atoms with Crippen molar-refractivity contribution in [2.75, 3.05) is 19.7 Å². The molecule has 1 unspecified atom stereocenters. The minimum atomic E-state index is -0.204. The van der Waals surface area contributed by atoms with Crippen LogP contribution < -0.4 is 10.6 Å². The van der Waals surface area contributed by atoms with Crippen molar-refractivity contribution in [2.45, 2.75) is 13.0 Å². The molecule has 0 spiro atoms. The van der Waals surface area contributed by atoms with Gasteiger partial charge in [0.1, 0.15) is 0 Å². The molecule has 3 N–H and O–H groups in total. The monoisotopic (exact) mass is 170 g/mol. The Morgan fingerprint density at radius 3 is 2.92 bits per heavy atom. The summed E-state index contributed by atoms with van der Waals surface area (Å²) in [5.41, 5.74) is 0. The largest absolute Gasteiger partial charge is 0.394 e. The highest BCUT2D eigenvalue weighted by Gasteiger charge is 2.03. The molecule has 0 saturated carbocycles. The van der Waals surface area contributed by atoms with Crippen molar-refractivity contribution in [3.63, 3.8) is 0 Å². The first kappa shape index (κ1) is 11.0. The Kier molecular flexibility index (Phi) is 6.07. The minimum Gasteiger partial charge on any atom is -0.394 e. The van der Waals surface area contributed by atoms with E-state index in [0.29, 0.717) is 6.54 Å². The zero-order chi connectivity index (χ0) is 9.40. The number of carbonyl (C=O) groups is 1. The van der Waals surface area contributed by atoms with Crippen LogP contribution in [-0.2, 0) is 4.79 Å². The van der Waals surface area contributed by atoms with Gasteiger partial charge in [-0.25, -0.2) is 0 Å². The molecule has 0 aliphatic carbocycles. The summed E-state index contributed by atoms with van der Waals surface area (Å²) in [7, 11) is 0. The molecule has 1 atom stereocenters. The molecule has 0 heterocycles. The van der Waals surface area contributed by atoms with Gasteiger partial charge in [-0.2, -0.15) is 0 Å². The first-order valence-corrected chi connectivity index (χ1v) is 3.75. The number of nitrogens with one attached hydrogen (secondary N) is 2. The number of carbonyl (C=O) groups excluding carboxylic acids is 1. The van der Waals surface area contributed by atoms with Crippen molar-refractivity contribution in [1.29, 1.82) is 0 Å². The standard InChI is InChI=1S/C8H14N2O2/c1-3-4-9-5-8(12)10-7(2)6-11/h1,7,9,11H,4-6H2,2H3,(H,10,12). The lowest BCUT2D eigenvalue weighted by Crippen LogP contribution is -2.40. The lowest BCUT2D eigenvalue weighted by molar-refractivity contribution is -0.121. The van der Waals surface area contributed by atoms with E-state index in [1.165, 1.54) is 0 Å². The Balaban J connectivity index is 3.41. The SMILES string of the molecule is C#CCNCC(=O)NC(C)CO. The predicted molar refractivity (Wildman–Crippen MR) is 46.4 cm³/mol. The number of aliphatic hydroxyl groups is 1. The number of hydrogen-bond acceptors (Lipinski definition) is 3.